The molecule has 0 spiro atoms. The quantitative estimate of drug-likeness (QED) is 0.921. The largest absolute Gasteiger partial charge is 0.393 e. The highest BCUT2D eigenvalue weighted by molar-refractivity contribution is 5.96. The number of aryl methyl sites for hydroxylation is 1. The molecule has 2 atom stereocenters. The van der Waals surface area contributed by atoms with E-state index in [1.165, 1.54) is 0 Å². The predicted molar refractivity (Wildman–Crippen MR) is 80.9 cm³/mol. The van der Waals surface area contributed by atoms with Crippen molar-refractivity contribution in [1.29, 1.82) is 0 Å². The van der Waals surface area contributed by atoms with Crippen LogP contribution >= 0.6 is 0 Å². The topological polar surface area (TPSA) is 40.5 Å². The fourth-order valence-electron chi connectivity index (χ4n) is 3.04. The van der Waals surface area contributed by atoms with Crippen LogP contribution in [0.4, 0.5) is 0 Å². The molecule has 1 aromatic carbocycles. The summed E-state index contributed by atoms with van der Waals surface area (Å²) in [5.74, 6) is 0.122. The van der Waals surface area contributed by atoms with Crippen LogP contribution in [0.1, 0.15) is 54.1 Å². The molecule has 0 aromatic heterocycles. The first-order valence-corrected chi connectivity index (χ1v) is 7.56. The second-order valence-electron chi connectivity index (χ2n) is 5.98. The van der Waals surface area contributed by atoms with E-state index in [0.29, 0.717) is 6.42 Å². The molecule has 1 aliphatic rings. The minimum absolute atomic E-state index is 0.122. The Morgan fingerprint density at radius 1 is 1.40 bits per heavy atom. The van der Waals surface area contributed by atoms with Crippen LogP contribution < -0.4 is 0 Å². The molecule has 1 heterocycles. The standard InChI is InChI=1S/C17H25NO2/c1-12-7-6-9-16(14(12)3)17(20)18-10-5-4-8-15(18)11-13(2)19/h6-7,9,13,15,19H,4-5,8,10-11H2,1-3H3. The Morgan fingerprint density at radius 2 is 2.15 bits per heavy atom. The fourth-order valence-corrected chi connectivity index (χ4v) is 3.04. The van der Waals surface area contributed by atoms with Gasteiger partial charge in [0.2, 0.25) is 0 Å². The summed E-state index contributed by atoms with van der Waals surface area (Å²) >= 11 is 0. The number of aliphatic hydroxyl groups is 1. The molecule has 1 aliphatic heterocycles. The van der Waals surface area contributed by atoms with Crippen LogP contribution in [0.2, 0.25) is 0 Å². The van der Waals surface area contributed by atoms with E-state index in [4.69, 9.17) is 0 Å². The van der Waals surface area contributed by atoms with Crippen molar-refractivity contribution in [3.8, 4) is 0 Å². The van der Waals surface area contributed by atoms with Crippen molar-refractivity contribution in [2.75, 3.05) is 6.54 Å². The highest BCUT2D eigenvalue weighted by atomic mass is 16.3. The van der Waals surface area contributed by atoms with E-state index in [-0.39, 0.29) is 18.1 Å². The van der Waals surface area contributed by atoms with Gasteiger partial charge in [-0.25, -0.2) is 0 Å². The molecule has 2 rings (SSSR count). The summed E-state index contributed by atoms with van der Waals surface area (Å²) in [6.07, 6.45) is 3.53. The number of hydrogen-bond donors (Lipinski definition) is 1. The first kappa shape index (κ1) is 15.0. The van der Waals surface area contributed by atoms with Crippen molar-refractivity contribution < 1.29 is 9.90 Å². The first-order valence-electron chi connectivity index (χ1n) is 7.56. The van der Waals surface area contributed by atoms with Crippen LogP contribution in [-0.4, -0.2) is 34.6 Å². The molecule has 1 fully saturated rings. The van der Waals surface area contributed by atoms with E-state index in [2.05, 4.69) is 0 Å². The molecule has 2 unspecified atom stereocenters. The summed E-state index contributed by atoms with van der Waals surface area (Å²) in [5, 5.41) is 9.64. The van der Waals surface area contributed by atoms with E-state index in [1.807, 2.05) is 36.9 Å². The number of hydrogen-bond acceptors (Lipinski definition) is 2. The van der Waals surface area contributed by atoms with E-state index in [0.717, 1.165) is 42.5 Å². The molecule has 0 saturated carbocycles. The van der Waals surface area contributed by atoms with Gasteiger partial charge in [-0.05, 0) is 63.6 Å². The second-order valence-corrected chi connectivity index (χ2v) is 5.98. The average Bonchev–Trinajstić information content (AvgIpc) is 2.41. The molecule has 20 heavy (non-hydrogen) atoms. The third-order valence-corrected chi connectivity index (χ3v) is 4.34. The molecule has 1 amide bonds. The number of aliphatic hydroxyl groups excluding tert-OH is 1. The fraction of sp³-hybridized carbons (Fsp3) is 0.588. The Hall–Kier alpha value is -1.35. The Kier molecular flexibility index (Phi) is 4.81. The molecule has 3 heteroatoms. The molecule has 1 N–H and O–H groups in total. The normalized spacial score (nSPS) is 20.8. The van der Waals surface area contributed by atoms with E-state index < -0.39 is 0 Å². The van der Waals surface area contributed by atoms with Crippen LogP contribution in [-0.2, 0) is 0 Å². The van der Waals surface area contributed by atoms with Crippen LogP contribution in [0.15, 0.2) is 18.2 Å². The third-order valence-electron chi connectivity index (χ3n) is 4.34. The van der Waals surface area contributed by atoms with E-state index in [1.54, 1.807) is 6.92 Å². The van der Waals surface area contributed by atoms with Gasteiger partial charge in [-0.3, -0.25) is 4.79 Å². The number of rotatable bonds is 3. The molecule has 0 bridgehead atoms. The van der Waals surface area contributed by atoms with Crippen molar-refractivity contribution in [2.24, 2.45) is 0 Å². The second kappa shape index (κ2) is 6.40. The van der Waals surface area contributed by atoms with Crippen LogP contribution in [0.25, 0.3) is 0 Å². The number of nitrogens with zero attached hydrogens (tertiary/aromatic N) is 1. The van der Waals surface area contributed by atoms with Crippen molar-refractivity contribution in [2.45, 2.75) is 58.6 Å². The van der Waals surface area contributed by atoms with Gasteiger partial charge in [0.1, 0.15) is 0 Å². The molecule has 110 valence electrons. The molecule has 1 saturated heterocycles. The van der Waals surface area contributed by atoms with Crippen LogP contribution in [0.3, 0.4) is 0 Å². The predicted octanol–water partition coefficient (Wildman–Crippen LogP) is 3.07. The average molecular weight is 275 g/mol. The highest BCUT2D eigenvalue weighted by Crippen LogP contribution is 2.24. The Labute approximate surface area is 121 Å². The number of piperidine rings is 1. The molecule has 0 radical (unpaired) electrons. The molecule has 0 aliphatic carbocycles. The molecular weight excluding hydrogens is 250 g/mol. The van der Waals surface area contributed by atoms with Gasteiger partial charge >= 0.3 is 0 Å². The summed E-state index contributed by atoms with van der Waals surface area (Å²) in [5.41, 5.74) is 3.03. The lowest BCUT2D eigenvalue weighted by atomic mass is 9.95. The maximum atomic E-state index is 12.8. The summed E-state index contributed by atoms with van der Waals surface area (Å²) in [7, 11) is 0. The lowest BCUT2D eigenvalue weighted by Gasteiger charge is -2.37. The van der Waals surface area contributed by atoms with Crippen molar-refractivity contribution in [3.63, 3.8) is 0 Å². The number of carbonyl (C=O) groups is 1. The lowest BCUT2D eigenvalue weighted by molar-refractivity contribution is 0.0514. The maximum absolute atomic E-state index is 12.8. The van der Waals surface area contributed by atoms with Crippen LogP contribution in [0.5, 0.6) is 0 Å². The minimum atomic E-state index is -0.355. The zero-order valence-electron chi connectivity index (χ0n) is 12.7. The number of carbonyl (C=O) groups excluding carboxylic acids is 1. The van der Waals surface area contributed by atoms with Crippen LogP contribution in [0, 0.1) is 13.8 Å². The molecular formula is C17H25NO2. The zero-order chi connectivity index (χ0) is 14.7. The smallest absolute Gasteiger partial charge is 0.254 e. The van der Waals surface area contributed by atoms with Gasteiger partial charge in [0, 0.05) is 18.2 Å². The first-order chi connectivity index (χ1) is 9.50. The summed E-state index contributed by atoms with van der Waals surface area (Å²) in [6, 6.07) is 6.08. The zero-order valence-corrected chi connectivity index (χ0v) is 12.7. The van der Waals surface area contributed by atoms with Gasteiger partial charge in [0.05, 0.1) is 6.10 Å². The van der Waals surface area contributed by atoms with Gasteiger partial charge in [-0.2, -0.15) is 0 Å². The Morgan fingerprint density at radius 3 is 2.85 bits per heavy atom. The molecule has 3 nitrogen and oxygen atoms in total. The van der Waals surface area contributed by atoms with Crippen molar-refractivity contribution in [1.82, 2.24) is 4.90 Å². The SMILES string of the molecule is Cc1cccc(C(=O)N2CCCCC2CC(C)O)c1C. The number of likely N-dealkylation sites (tertiary alicyclic amines) is 1. The van der Waals surface area contributed by atoms with E-state index >= 15 is 0 Å². The van der Waals surface area contributed by atoms with Crippen molar-refractivity contribution in [3.05, 3.63) is 34.9 Å². The Bertz CT molecular complexity index is 482. The summed E-state index contributed by atoms with van der Waals surface area (Å²) in [6.45, 7) is 6.66. The van der Waals surface area contributed by atoms with E-state index in [9.17, 15) is 9.90 Å². The van der Waals surface area contributed by atoms with Crippen molar-refractivity contribution >= 4 is 5.91 Å². The summed E-state index contributed by atoms with van der Waals surface area (Å²) in [4.78, 5) is 14.8. The minimum Gasteiger partial charge on any atom is -0.393 e. The summed E-state index contributed by atoms with van der Waals surface area (Å²) < 4.78 is 0. The highest BCUT2D eigenvalue weighted by Gasteiger charge is 2.29. The number of amides is 1. The molecule has 1 aromatic rings. The van der Waals surface area contributed by atoms with Gasteiger partial charge in [-0.1, -0.05) is 12.1 Å². The Balaban J connectivity index is 2.23. The van der Waals surface area contributed by atoms with Gasteiger partial charge in [0.25, 0.3) is 5.91 Å². The number of benzene rings is 1. The van der Waals surface area contributed by atoms with Gasteiger partial charge in [0.15, 0.2) is 0 Å². The maximum Gasteiger partial charge on any atom is 0.254 e. The lowest BCUT2D eigenvalue weighted by Crippen LogP contribution is -2.45. The van der Waals surface area contributed by atoms with Gasteiger partial charge in [-0.15, -0.1) is 0 Å². The third kappa shape index (κ3) is 3.21. The van der Waals surface area contributed by atoms with Gasteiger partial charge < -0.3 is 10.0 Å². The monoisotopic (exact) mass is 275 g/mol.